The monoisotopic (exact) mass is 308 g/mol. The van der Waals surface area contributed by atoms with Gasteiger partial charge in [0.05, 0.1) is 6.61 Å². The second-order valence-electron chi connectivity index (χ2n) is 6.22. The molecule has 0 aromatic carbocycles. The number of unbranched alkanes of at least 4 members (excludes halogenated alkanes) is 5. The molecule has 1 atom stereocenters. The van der Waals surface area contributed by atoms with Crippen LogP contribution in [0.2, 0.25) is 0 Å². The highest BCUT2D eigenvalue weighted by Gasteiger charge is 2.15. The van der Waals surface area contributed by atoms with Crippen LogP contribution in [0.3, 0.4) is 0 Å². The predicted octanol–water partition coefficient (Wildman–Crippen LogP) is 5.91. The van der Waals surface area contributed by atoms with Crippen LogP contribution in [-0.4, -0.2) is 12.6 Å². The maximum absolute atomic E-state index is 11.9. The van der Waals surface area contributed by atoms with Crippen LogP contribution in [0.5, 0.6) is 0 Å². The van der Waals surface area contributed by atoms with Crippen LogP contribution in [0.1, 0.15) is 87.9 Å². The third-order valence-electron chi connectivity index (χ3n) is 4.07. The van der Waals surface area contributed by atoms with Crippen molar-refractivity contribution in [3.05, 3.63) is 23.7 Å². The fourth-order valence-corrected chi connectivity index (χ4v) is 2.65. The summed E-state index contributed by atoms with van der Waals surface area (Å²) in [6, 6.07) is 3.47. The SMILES string of the molecule is CCCCCCCC(CCCC)COC(=O)c1ccc(C)o1. The van der Waals surface area contributed by atoms with E-state index in [0.29, 0.717) is 18.3 Å². The summed E-state index contributed by atoms with van der Waals surface area (Å²) in [6.07, 6.45) is 11.2. The zero-order chi connectivity index (χ0) is 16.2. The highest BCUT2D eigenvalue weighted by Crippen LogP contribution is 2.19. The largest absolute Gasteiger partial charge is 0.460 e. The number of aryl methyl sites for hydroxylation is 1. The van der Waals surface area contributed by atoms with Crippen molar-refractivity contribution in [2.45, 2.75) is 78.6 Å². The molecular formula is C19H32O3. The summed E-state index contributed by atoms with van der Waals surface area (Å²) in [6.45, 7) is 6.79. The minimum absolute atomic E-state index is 0.315. The lowest BCUT2D eigenvalue weighted by Gasteiger charge is -2.16. The third kappa shape index (κ3) is 7.67. The molecule has 0 saturated heterocycles. The van der Waals surface area contributed by atoms with Crippen LogP contribution < -0.4 is 0 Å². The van der Waals surface area contributed by atoms with Crippen molar-refractivity contribution < 1.29 is 13.9 Å². The van der Waals surface area contributed by atoms with Crippen molar-refractivity contribution in [3.63, 3.8) is 0 Å². The molecule has 126 valence electrons. The van der Waals surface area contributed by atoms with Gasteiger partial charge < -0.3 is 9.15 Å². The van der Waals surface area contributed by atoms with Gasteiger partial charge in [0.25, 0.3) is 0 Å². The van der Waals surface area contributed by atoms with Crippen molar-refractivity contribution in [1.82, 2.24) is 0 Å². The van der Waals surface area contributed by atoms with Crippen molar-refractivity contribution in [1.29, 1.82) is 0 Å². The minimum Gasteiger partial charge on any atom is -0.460 e. The topological polar surface area (TPSA) is 39.4 Å². The summed E-state index contributed by atoms with van der Waals surface area (Å²) in [5.41, 5.74) is 0. The lowest BCUT2D eigenvalue weighted by molar-refractivity contribution is 0.0385. The Bertz CT molecular complexity index is 409. The average molecular weight is 308 g/mol. The van der Waals surface area contributed by atoms with Gasteiger partial charge >= 0.3 is 5.97 Å². The van der Waals surface area contributed by atoms with E-state index in [-0.39, 0.29) is 5.97 Å². The molecule has 0 aliphatic rings. The molecule has 0 saturated carbocycles. The smallest absolute Gasteiger partial charge is 0.374 e. The molecule has 0 spiro atoms. The molecule has 1 rings (SSSR count). The molecule has 0 radical (unpaired) electrons. The quantitative estimate of drug-likeness (QED) is 0.356. The second-order valence-corrected chi connectivity index (χ2v) is 6.22. The van der Waals surface area contributed by atoms with Crippen molar-refractivity contribution in [2.75, 3.05) is 6.61 Å². The Kier molecular flexibility index (Phi) is 9.69. The molecular weight excluding hydrogens is 276 g/mol. The Morgan fingerprint density at radius 2 is 1.73 bits per heavy atom. The summed E-state index contributed by atoms with van der Waals surface area (Å²) < 4.78 is 10.8. The van der Waals surface area contributed by atoms with Crippen LogP contribution in [0, 0.1) is 12.8 Å². The zero-order valence-corrected chi connectivity index (χ0v) is 14.5. The van der Waals surface area contributed by atoms with E-state index in [1.807, 2.05) is 6.92 Å². The van der Waals surface area contributed by atoms with Crippen LogP contribution >= 0.6 is 0 Å². The summed E-state index contributed by atoms with van der Waals surface area (Å²) in [4.78, 5) is 11.9. The molecule has 0 bridgehead atoms. The highest BCUT2D eigenvalue weighted by atomic mass is 16.5. The number of hydrogen-bond donors (Lipinski definition) is 0. The normalized spacial score (nSPS) is 12.3. The van der Waals surface area contributed by atoms with E-state index >= 15 is 0 Å². The number of ether oxygens (including phenoxy) is 1. The van der Waals surface area contributed by atoms with Gasteiger partial charge in [-0.05, 0) is 37.8 Å². The van der Waals surface area contributed by atoms with Crippen LogP contribution in [0.4, 0.5) is 0 Å². The molecule has 1 aromatic rings. The van der Waals surface area contributed by atoms with E-state index in [2.05, 4.69) is 13.8 Å². The molecule has 1 unspecified atom stereocenters. The Hall–Kier alpha value is -1.25. The van der Waals surface area contributed by atoms with Crippen LogP contribution in [0.25, 0.3) is 0 Å². The van der Waals surface area contributed by atoms with Gasteiger partial charge in [-0.3, -0.25) is 0 Å². The first kappa shape index (κ1) is 18.8. The number of esters is 1. The van der Waals surface area contributed by atoms with Gasteiger partial charge in [0.1, 0.15) is 5.76 Å². The molecule has 0 amide bonds. The van der Waals surface area contributed by atoms with Crippen LogP contribution in [0.15, 0.2) is 16.5 Å². The van der Waals surface area contributed by atoms with E-state index in [0.717, 1.165) is 18.6 Å². The maximum atomic E-state index is 11.9. The molecule has 1 aromatic heterocycles. The van der Waals surface area contributed by atoms with Gasteiger partial charge in [-0.1, -0.05) is 58.8 Å². The number of furan rings is 1. The molecule has 3 nitrogen and oxygen atoms in total. The van der Waals surface area contributed by atoms with Gasteiger partial charge in [0.15, 0.2) is 0 Å². The molecule has 0 N–H and O–H groups in total. The average Bonchev–Trinajstić information content (AvgIpc) is 2.95. The van der Waals surface area contributed by atoms with Crippen molar-refractivity contribution in [3.8, 4) is 0 Å². The Morgan fingerprint density at radius 1 is 1.05 bits per heavy atom. The van der Waals surface area contributed by atoms with E-state index in [1.165, 1.54) is 44.9 Å². The molecule has 22 heavy (non-hydrogen) atoms. The van der Waals surface area contributed by atoms with Gasteiger partial charge in [-0.25, -0.2) is 4.79 Å². The highest BCUT2D eigenvalue weighted by molar-refractivity contribution is 5.86. The molecule has 0 aliphatic heterocycles. The number of rotatable bonds is 12. The lowest BCUT2D eigenvalue weighted by atomic mass is 9.96. The summed E-state index contributed by atoms with van der Waals surface area (Å²) >= 11 is 0. The predicted molar refractivity (Wildman–Crippen MR) is 90.1 cm³/mol. The lowest BCUT2D eigenvalue weighted by Crippen LogP contribution is -2.14. The van der Waals surface area contributed by atoms with Crippen molar-refractivity contribution >= 4 is 5.97 Å². The van der Waals surface area contributed by atoms with Crippen LogP contribution in [-0.2, 0) is 4.74 Å². The number of carbonyl (C=O) groups is 1. The second kappa shape index (κ2) is 11.3. The van der Waals surface area contributed by atoms with E-state index < -0.39 is 0 Å². The number of carbonyl (C=O) groups excluding carboxylic acids is 1. The third-order valence-corrected chi connectivity index (χ3v) is 4.07. The fraction of sp³-hybridized carbons (Fsp3) is 0.737. The Morgan fingerprint density at radius 3 is 2.36 bits per heavy atom. The first-order valence-corrected chi connectivity index (χ1v) is 8.90. The fourth-order valence-electron chi connectivity index (χ4n) is 2.65. The minimum atomic E-state index is -0.333. The summed E-state index contributed by atoms with van der Waals surface area (Å²) in [5, 5.41) is 0. The summed E-state index contributed by atoms with van der Waals surface area (Å²) in [7, 11) is 0. The van der Waals surface area contributed by atoms with Gasteiger partial charge in [0, 0.05) is 0 Å². The molecule has 0 aliphatic carbocycles. The molecule has 1 heterocycles. The van der Waals surface area contributed by atoms with Gasteiger partial charge in [0.2, 0.25) is 5.76 Å². The summed E-state index contributed by atoms with van der Waals surface area (Å²) in [5.74, 6) is 1.21. The van der Waals surface area contributed by atoms with E-state index in [9.17, 15) is 4.79 Å². The number of hydrogen-bond acceptors (Lipinski definition) is 3. The van der Waals surface area contributed by atoms with E-state index in [1.54, 1.807) is 12.1 Å². The first-order chi connectivity index (χ1) is 10.7. The standard InChI is InChI=1S/C19H32O3/c1-4-6-8-9-10-12-17(11-7-5-2)15-21-19(20)18-14-13-16(3)22-18/h13-14,17H,4-12,15H2,1-3H3. The van der Waals surface area contributed by atoms with Gasteiger partial charge in [-0.15, -0.1) is 0 Å². The Labute approximate surface area is 135 Å². The Balaban J connectivity index is 2.31. The van der Waals surface area contributed by atoms with Gasteiger partial charge in [-0.2, -0.15) is 0 Å². The molecule has 0 fully saturated rings. The first-order valence-electron chi connectivity index (χ1n) is 8.90. The maximum Gasteiger partial charge on any atom is 0.374 e. The zero-order valence-electron chi connectivity index (χ0n) is 14.5. The van der Waals surface area contributed by atoms with Crippen molar-refractivity contribution in [2.24, 2.45) is 5.92 Å². The van der Waals surface area contributed by atoms with E-state index in [4.69, 9.17) is 9.15 Å². The molecule has 3 heteroatoms.